The van der Waals surface area contributed by atoms with E-state index >= 15 is 0 Å². The molecular formula is C12H14Cl2N2O2S. The molecule has 19 heavy (non-hydrogen) atoms. The first-order valence-corrected chi connectivity index (χ1v) is 7.72. The fourth-order valence-electron chi connectivity index (χ4n) is 1.59. The lowest BCUT2D eigenvalue weighted by Crippen LogP contribution is -2.32. The van der Waals surface area contributed by atoms with Crippen molar-refractivity contribution in [1.29, 1.82) is 0 Å². The van der Waals surface area contributed by atoms with Crippen molar-refractivity contribution in [2.45, 2.75) is 18.2 Å². The summed E-state index contributed by atoms with van der Waals surface area (Å²) in [6.45, 7) is 2.11. The van der Waals surface area contributed by atoms with Gasteiger partial charge in [-0.1, -0.05) is 36.0 Å². The van der Waals surface area contributed by atoms with Crippen LogP contribution in [0.15, 0.2) is 17.0 Å². The van der Waals surface area contributed by atoms with Crippen LogP contribution in [-0.2, 0) is 10.0 Å². The lowest BCUT2D eigenvalue weighted by Gasteiger charge is -2.20. The molecule has 0 bridgehead atoms. The molecule has 0 atom stereocenters. The van der Waals surface area contributed by atoms with E-state index in [0.29, 0.717) is 18.7 Å². The van der Waals surface area contributed by atoms with Crippen LogP contribution in [-0.4, -0.2) is 25.8 Å². The Morgan fingerprint density at radius 3 is 2.32 bits per heavy atom. The van der Waals surface area contributed by atoms with Crippen molar-refractivity contribution >= 4 is 38.9 Å². The van der Waals surface area contributed by atoms with Crippen molar-refractivity contribution in [3.8, 4) is 12.3 Å². The quantitative estimate of drug-likeness (QED) is 0.670. The second-order valence-corrected chi connectivity index (χ2v) is 6.55. The number of benzene rings is 1. The number of nitrogens with zero attached hydrogens (tertiary/aromatic N) is 1. The Hall–Kier alpha value is -0.930. The van der Waals surface area contributed by atoms with Gasteiger partial charge in [-0.25, -0.2) is 8.42 Å². The molecule has 0 aromatic heterocycles. The molecule has 1 aromatic rings. The zero-order valence-corrected chi connectivity index (χ0v) is 12.7. The Bertz CT molecular complexity index is 586. The Balaban J connectivity index is 3.38. The Morgan fingerprint density at radius 1 is 1.37 bits per heavy atom. The van der Waals surface area contributed by atoms with Crippen molar-refractivity contribution in [2.24, 2.45) is 0 Å². The summed E-state index contributed by atoms with van der Waals surface area (Å²) in [6.07, 6.45) is 5.82. The van der Waals surface area contributed by atoms with Gasteiger partial charge in [0.15, 0.2) is 0 Å². The van der Waals surface area contributed by atoms with Crippen LogP contribution in [0.25, 0.3) is 0 Å². The molecular weight excluding hydrogens is 307 g/mol. The minimum Gasteiger partial charge on any atom is -0.399 e. The van der Waals surface area contributed by atoms with E-state index in [4.69, 9.17) is 35.4 Å². The molecule has 0 fully saturated rings. The predicted octanol–water partition coefficient (Wildman–Crippen LogP) is 2.61. The third kappa shape index (κ3) is 3.54. The number of rotatable bonds is 5. The summed E-state index contributed by atoms with van der Waals surface area (Å²) in [6, 6.07) is 2.70. The highest BCUT2D eigenvalue weighted by Gasteiger charge is 2.28. The zero-order chi connectivity index (χ0) is 14.6. The van der Waals surface area contributed by atoms with Crippen LogP contribution in [0.5, 0.6) is 0 Å². The lowest BCUT2D eigenvalue weighted by atomic mass is 10.3. The second-order valence-electron chi connectivity index (χ2n) is 3.86. The van der Waals surface area contributed by atoms with E-state index in [1.54, 1.807) is 0 Å². The molecule has 1 rings (SSSR count). The summed E-state index contributed by atoms with van der Waals surface area (Å²) < 4.78 is 26.1. The number of nitrogen functional groups attached to an aromatic ring is 1. The van der Waals surface area contributed by atoms with Crippen molar-refractivity contribution < 1.29 is 8.42 Å². The fourth-order valence-corrected chi connectivity index (χ4v) is 4.22. The van der Waals surface area contributed by atoms with E-state index in [2.05, 4.69) is 5.92 Å². The molecule has 0 spiro atoms. The standard InChI is InChI=1S/C12H14Cl2N2O2S/c1-3-5-16(6-4-2)19(17,18)12-10(13)7-9(15)8-11(12)14/h1,7-8H,4-6,15H2,2H3. The number of nitrogens with two attached hydrogens (primary N) is 1. The molecule has 0 unspecified atom stereocenters. The third-order valence-corrected chi connectivity index (χ3v) is 5.13. The molecule has 0 saturated heterocycles. The maximum atomic E-state index is 12.5. The number of hydrogen-bond donors (Lipinski definition) is 1. The number of terminal acetylenes is 1. The van der Waals surface area contributed by atoms with Gasteiger partial charge in [0.05, 0.1) is 16.6 Å². The highest BCUT2D eigenvalue weighted by molar-refractivity contribution is 7.89. The molecule has 0 aliphatic carbocycles. The summed E-state index contributed by atoms with van der Waals surface area (Å²) in [5.41, 5.74) is 5.85. The maximum absolute atomic E-state index is 12.5. The topological polar surface area (TPSA) is 63.4 Å². The third-order valence-electron chi connectivity index (χ3n) is 2.36. The van der Waals surface area contributed by atoms with Gasteiger partial charge in [-0.15, -0.1) is 6.42 Å². The molecule has 0 heterocycles. The van der Waals surface area contributed by atoms with E-state index in [0.717, 1.165) is 4.31 Å². The van der Waals surface area contributed by atoms with Gasteiger partial charge < -0.3 is 5.73 Å². The van der Waals surface area contributed by atoms with Crippen LogP contribution in [0.4, 0.5) is 5.69 Å². The monoisotopic (exact) mass is 320 g/mol. The second kappa shape index (κ2) is 6.49. The van der Waals surface area contributed by atoms with Crippen molar-refractivity contribution in [3.63, 3.8) is 0 Å². The molecule has 0 radical (unpaired) electrons. The number of anilines is 1. The van der Waals surface area contributed by atoms with E-state index in [1.165, 1.54) is 12.1 Å². The lowest BCUT2D eigenvalue weighted by molar-refractivity contribution is 0.446. The average Bonchev–Trinajstić information content (AvgIpc) is 2.26. The summed E-state index contributed by atoms with van der Waals surface area (Å²) in [5.74, 6) is 2.31. The van der Waals surface area contributed by atoms with Gasteiger partial charge in [0.2, 0.25) is 10.0 Å². The summed E-state index contributed by atoms with van der Waals surface area (Å²) in [7, 11) is -3.83. The fraction of sp³-hybridized carbons (Fsp3) is 0.333. The van der Waals surface area contributed by atoms with Crippen molar-refractivity contribution in [1.82, 2.24) is 4.31 Å². The van der Waals surface area contributed by atoms with Gasteiger partial charge in [0.1, 0.15) is 4.90 Å². The first-order valence-electron chi connectivity index (χ1n) is 5.52. The van der Waals surface area contributed by atoms with Crippen LogP contribution >= 0.6 is 23.2 Å². The SMILES string of the molecule is C#CCN(CCC)S(=O)(=O)c1c(Cl)cc(N)cc1Cl. The van der Waals surface area contributed by atoms with Crippen molar-refractivity contribution in [2.75, 3.05) is 18.8 Å². The molecule has 0 amide bonds. The number of halogens is 2. The number of sulfonamides is 1. The number of hydrogen-bond acceptors (Lipinski definition) is 3. The van der Waals surface area contributed by atoms with Gasteiger partial charge in [-0.05, 0) is 18.6 Å². The van der Waals surface area contributed by atoms with E-state index in [9.17, 15) is 8.42 Å². The van der Waals surface area contributed by atoms with Crippen molar-refractivity contribution in [3.05, 3.63) is 22.2 Å². The van der Waals surface area contributed by atoms with Gasteiger partial charge in [0.25, 0.3) is 0 Å². The first kappa shape index (κ1) is 16.1. The van der Waals surface area contributed by atoms with E-state index in [-0.39, 0.29) is 21.5 Å². The summed E-state index contributed by atoms with van der Waals surface area (Å²) in [5, 5.41) is -0.0220. The van der Waals surface area contributed by atoms with Crippen LogP contribution in [0.2, 0.25) is 10.0 Å². The average molecular weight is 321 g/mol. The Labute approximate surface area is 123 Å². The molecule has 7 heteroatoms. The van der Waals surface area contributed by atoms with Gasteiger partial charge in [0, 0.05) is 12.2 Å². The minimum atomic E-state index is -3.83. The molecule has 1 aromatic carbocycles. The van der Waals surface area contributed by atoms with Gasteiger partial charge >= 0.3 is 0 Å². The maximum Gasteiger partial charge on any atom is 0.246 e. The molecule has 0 aliphatic rings. The molecule has 104 valence electrons. The zero-order valence-electron chi connectivity index (χ0n) is 10.4. The summed E-state index contributed by atoms with van der Waals surface area (Å²) >= 11 is 11.9. The van der Waals surface area contributed by atoms with Crippen LogP contribution in [0, 0.1) is 12.3 Å². The molecule has 0 saturated carbocycles. The smallest absolute Gasteiger partial charge is 0.246 e. The van der Waals surface area contributed by atoms with Crippen LogP contribution < -0.4 is 5.73 Å². The summed E-state index contributed by atoms with van der Waals surface area (Å²) in [4.78, 5) is -0.159. The normalized spacial score (nSPS) is 11.5. The van der Waals surface area contributed by atoms with Crippen LogP contribution in [0.3, 0.4) is 0 Å². The first-order chi connectivity index (χ1) is 8.84. The highest BCUT2D eigenvalue weighted by Crippen LogP contribution is 2.33. The minimum absolute atomic E-state index is 0.0110. The molecule has 2 N–H and O–H groups in total. The van der Waals surface area contributed by atoms with E-state index in [1.807, 2.05) is 6.92 Å². The van der Waals surface area contributed by atoms with Gasteiger partial charge in [-0.3, -0.25) is 0 Å². The largest absolute Gasteiger partial charge is 0.399 e. The van der Waals surface area contributed by atoms with Gasteiger partial charge in [-0.2, -0.15) is 4.31 Å². The Kier molecular flexibility index (Phi) is 5.50. The molecule has 4 nitrogen and oxygen atoms in total. The van der Waals surface area contributed by atoms with E-state index < -0.39 is 10.0 Å². The highest BCUT2D eigenvalue weighted by atomic mass is 35.5. The predicted molar refractivity (Wildman–Crippen MR) is 78.8 cm³/mol. The molecule has 0 aliphatic heterocycles. The Morgan fingerprint density at radius 2 is 1.89 bits per heavy atom. The van der Waals surface area contributed by atoms with Crippen LogP contribution in [0.1, 0.15) is 13.3 Å².